The second-order valence-corrected chi connectivity index (χ2v) is 4.23. The molecule has 0 aromatic rings. The van der Waals surface area contributed by atoms with E-state index in [1.807, 2.05) is 20.8 Å². The molecule has 0 spiro atoms. The molecule has 0 atom stereocenters. The van der Waals surface area contributed by atoms with Crippen LogP contribution in [0.4, 0.5) is 0 Å². The van der Waals surface area contributed by atoms with Crippen molar-refractivity contribution < 1.29 is 14.3 Å². The lowest BCUT2D eigenvalue weighted by Gasteiger charge is -2.24. The molecule has 0 aliphatic heterocycles. The van der Waals surface area contributed by atoms with Gasteiger partial charge in [-0.1, -0.05) is 0 Å². The first-order valence-corrected chi connectivity index (χ1v) is 4.48. The molecule has 1 aliphatic rings. The SMILES string of the molecule is CC1=C(OC(C)(C)C)C(=O)C=CC1=O. The molecule has 0 fully saturated rings. The van der Waals surface area contributed by atoms with Gasteiger partial charge in [0.15, 0.2) is 11.5 Å². The highest BCUT2D eigenvalue weighted by molar-refractivity contribution is 6.18. The van der Waals surface area contributed by atoms with Crippen molar-refractivity contribution in [2.75, 3.05) is 0 Å². The summed E-state index contributed by atoms with van der Waals surface area (Å²) in [5, 5.41) is 0. The van der Waals surface area contributed by atoms with Crippen molar-refractivity contribution in [3.8, 4) is 0 Å². The quantitative estimate of drug-likeness (QED) is 0.597. The molecule has 3 heteroatoms. The highest BCUT2D eigenvalue weighted by Crippen LogP contribution is 2.21. The minimum atomic E-state index is -0.461. The highest BCUT2D eigenvalue weighted by Gasteiger charge is 2.25. The van der Waals surface area contributed by atoms with Crippen LogP contribution in [0, 0.1) is 0 Å². The topological polar surface area (TPSA) is 43.4 Å². The zero-order valence-corrected chi connectivity index (χ0v) is 8.88. The number of rotatable bonds is 1. The molecule has 0 radical (unpaired) electrons. The fourth-order valence-electron chi connectivity index (χ4n) is 1.08. The number of carbonyl (C=O) groups is 2. The number of ketones is 2. The Balaban J connectivity index is 3.00. The van der Waals surface area contributed by atoms with Crippen molar-refractivity contribution in [2.24, 2.45) is 0 Å². The molecule has 3 nitrogen and oxygen atoms in total. The maximum absolute atomic E-state index is 11.4. The monoisotopic (exact) mass is 194 g/mol. The summed E-state index contributed by atoms with van der Waals surface area (Å²) in [5.74, 6) is -0.231. The van der Waals surface area contributed by atoms with Gasteiger partial charge < -0.3 is 4.74 Å². The van der Waals surface area contributed by atoms with Gasteiger partial charge in [-0.15, -0.1) is 0 Å². The fraction of sp³-hybridized carbons (Fsp3) is 0.455. The molecule has 0 N–H and O–H groups in total. The third-order valence-corrected chi connectivity index (χ3v) is 1.73. The van der Waals surface area contributed by atoms with Crippen molar-refractivity contribution in [1.29, 1.82) is 0 Å². The van der Waals surface area contributed by atoms with Crippen LogP contribution in [-0.2, 0) is 14.3 Å². The van der Waals surface area contributed by atoms with E-state index in [9.17, 15) is 9.59 Å². The Bertz CT molecular complexity index is 340. The van der Waals surface area contributed by atoms with Crippen molar-refractivity contribution in [3.63, 3.8) is 0 Å². The Morgan fingerprint density at radius 1 is 1.07 bits per heavy atom. The van der Waals surface area contributed by atoms with Gasteiger partial charge in [0.25, 0.3) is 0 Å². The first-order valence-electron chi connectivity index (χ1n) is 4.48. The largest absolute Gasteiger partial charge is 0.484 e. The molecule has 1 rings (SSSR count). The first-order chi connectivity index (χ1) is 6.31. The molecule has 1 aliphatic carbocycles. The van der Waals surface area contributed by atoms with E-state index in [1.54, 1.807) is 6.92 Å². The van der Waals surface area contributed by atoms with E-state index in [1.165, 1.54) is 12.2 Å². The van der Waals surface area contributed by atoms with E-state index in [4.69, 9.17) is 4.74 Å². The summed E-state index contributed by atoms with van der Waals surface area (Å²) < 4.78 is 5.43. The molecule has 0 heterocycles. The average Bonchev–Trinajstić information content (AvgIpc) is 2.04. The van der Waals surface area contributed by atoms with E-state index in [2.05, 4.69) is 0 Å². The van der Waals surface area contributed by atoms with Gasteiger partial charge >= 0.3 is 0 Å². The number of allylic oxidation sites excluding steroid dienone is 3. The van der Waals surface area contributed by atoms with Crippen LogP contribution in [0.5, 0.6) is 0 Å². The number of hydrogen-bond donors (Lipinski definition) is 0. The highest BCUT2D eigenvalue weighted by atomic mass is 16.5. The minimum absolute atomic E-state index is 0.163. The van der Waals surface area contributed by atoms with Gasteiger partial charge in [-0.05, 0) is 39.8 Å². The lowest BCUT2D eigenvalue weighted by molar-refractivity contribution is -0.119. The molecule has 0 amide bonds. The maximum Gasteiger partial charge on any atom is 0.220 e. The van der Waals surface area contributed by atoms with E-state index in [0.29, 0.717) is 5.57 Å². The lowest BCUT2D eigenvalue weighted by atomic mass is 10.0. The van der Waals surface area contributed by atoms with Crippen LogP contribution in [0.25, 0.3) is 0 Å². The summed E-state index contributed by atoms with van der Waals surface area (Å²) >= 11 is 0. The second kappa shape index (κ2) is 3.40. The van der Waals surface area contributed by atoms with Gasteiger partial charge in [-0.2, -0.15) is 0 Å². The number of carbonyl (C=O) groups excluding carboxylic acids is 2. The van der Waals surface area contributed by atoms with Crippen LogP contribution in [0.1, 0.15) is 27.7 Å². The van der Waals surface area contributed by atoms with Crippen LogP contribution < -0.4 is 0 Å². The van der Waals surface area contributed by atoms with Crippen LogP contribution in [0.2, 0.25) is 0 Å². The number of ether oxygens (including phenoxy) is 1. The van der Waals surface area contributed by atoms with Gasteiger partial charge in [0.1, 0.15) is 5.60 Å². The normalized spacial score (nSPS) is 17.7. The number of hydrogen-bond acceptors (Lipinski definition) is 3. The minimum Gasteiger partial charge on any atom is -0.484 e. The Hall–Kier alpha value is -1.38. The molecule has 0 saturated carbocycles. The Morgan fingerprint density at radius 2 is 1.57 bits per heavy atom. The predicted octanol–water partition coefficient (Wildman–Crippen LogP) is 1.78. The van der Waals surface area contributed by atoms with E-state index in [0.717, 1.165) is 0 Å². The summed E-state index contributed by atoms with van der Waals surface area (Å²) in [6.07, 6.45) is 2.52. The van der Waals surface area contributed by atoms with Crippen molar-refractivity contribution in [3.05, 3.63) is 23.5 Å². The molecule has 14 heavy (non-hydrogen) atoms. The van der Waals surface area contributed by atoms with Gasteiger partial charge in [-0.3, -0.25) is 9.59 Å². The molecule has 76 valence electrons. The summed E-state index contributed by atoms with van der Waals surface area (Å²) in [6, 6.07) is 0. The first kappa shape index (κ1) is 10.7. The zero-order chi connectivity index (χ0) is 10.9. The molecule has 0 unspecified atom stereocenters. The fourth-order valence-corrected chi connectivity index (χ4v) is 1.08. The van der Waals surface area contributed by atoms with Crippen LogP contribution >= 0.6 is 0 Å². The van der Waals surface area contributed by atoms with Crippen LogP contribution in [0.15, 0.2) is 23.5 Å². The van der Waals surface area contributed by atoms with Crippen LogP contribution in [0.3, 0.4) is 0 Å². The maximum atomic E-state index is 11.4. The second-order valence-electron chi connectivity index (χ2n) is 4.23. The Morgan fingerprint density at radius 3 is 2.07 bits per heavy atom. The van der Waals surface area contributed by atoms with E-state index < -0.39 is 5.60 Å². The van der Waals surface area contributed by atoms with Crippen molar-refractivity contribution in [1.82, 2.24) is 0 Å². The zero-order valence-electron chi connectivity index (χ0n) is 8.88. The van der Waals surface area contributed by atoms with E-state index in [-0.39, 0.29) is 17.3 Å². The average molecular weight is 194 g/mol. The molecular weight excluding hydrogens is 180 g/mol. The predicted molar refractivity (Wildman–Crippen MR) is 52.7 cm³/mol. The van der Waals surface area contributed by atoms with Crippen molar-refractivity contribution in [2.45, 2.75) is 33.3 Å². The van der Waals surface area contributed by atoms with Crippen molar-refractivity contribution >= 4 is 11.6 Å². The van der Waals surface area contributed by atoms with E-state index >= 15 is 0 Å². The Labute approximate surface area is 83.4 Å². The van der Waals surface area contributed by atoms with Crippen LogP contribution in [-0.4, -0.2) is 17.2 Å². The van der Waals surface area contributed by atoms with Gasteiger partial charge in [0, 0.05) is 5.57 Å². The third-order valence-electron chi connectivity index (χ3n) is 1.73. The Kier molecular flexibility index (Phi) is 2.60. The summed E-state index contributed by atoms with van der Waals surface area (Å²) in [7, 11) is 0. The third kappa shape index (κ3) is 2.31. The molecule has 0 aromatic heterocycles. The van der Waals surface area contributed by atoms with Gasteiger partial charge in [-0.25, -0.2) is 0 Å². The summed E-state index contributed by atoms with van der Waals surface area (Å²) in [4.78, 5) is 22.7. The summed E-state index contributed by atoms with van der Waals surface area (Å²) in [5.41, 5.74) is -0.0787. The molecule has 0 aromatic carbocycles. The summed E-state index contributed by atoms with van der Waals surface area (Å²) in [6.45, 7) is 7.11. The molecular formula is C11H14O3. The van der Waals surface area contributed by atoms with Gasteiger partial charge in [0.05, 0.1) is 0 Å². The molecule has 0 saturated heterocycles. The lowest BCUT2D eigenvalue weighted by Crippen LogP contribution is -2.25. The smallest absolute Gasteiger partial charge is 0.220 e. The molecule has 0 bridgehead atoms. The standard InChI is InChI=1S/C11H14O3/c1-7-8(12)5-6-9(13)10(7)14-11(2,3)4/h5-6H,1-4H3. The van der Waals surface area contributed by atoms with Gasteiger partial charge in [0.2, 0.25) is 5.78 Å².